The number of hydrogen-bond acceptors (Lipinski definition) is 11. The Labute approximate surface area is 227 Å². The molecule has 4 rings (SSSR count). The third-order valence-corrected chi connectivity index (χ3v) is 8.76. The number of phenolic OH excluding ortho intramolecular Hbond substituents is 1. The van der Waals surface area contributed by atoms with Crippen molar-refractivity contribution in [3.8, 4) is 5.75 Å². The zero-order valence-corrected chi connectivity index (χ0v) is 22.5. The third-order valence-electron chi connectivity index (χ3n) is 5.46. The molecule has 0 spiro atoms. The molecule has 17 heteroatoms. The van der Waals surface area contributed by atoms with E-state index < -0.39 is 55.4 Å². The number of sulfone groups is 1. The predicted molar refractivity (Wildman–Crippen MR) is 142 cm³/mol. The Morgan fingerprint density at radius 2 is 1.48 bits per heavy atom. The number of halogens is 1. The summed E-state index contributed by atoms with van der Waals surface area (Å²) < 4.78 is 88.8. The van der Waals surface area contributed by atoms with Gasteiger partial charge in [-0.2, -0.15) is 8.42 Å². The van der Waals surface area contributed by atoms with Gasteiger partial charge in [0.15, 0.2) is 9.84 Å². The second-order valence-electron chi connectivity index (χ2n) is 8.23. The molecule has 40 heavy (non-hydrogen) atoms. The van der Waals surface area contributed by atoms with Gasteiger partial charge in [-0.1, -0.05) is 18.2 Å². The molecule has 0 unspecified atom stereocenters. The highest BCUT2D eigenvalue weighted by Gasteiger charge is 2.22. The summed E-state index contributed by atoms with van der Waals surface area (Å²) in [5, 5.41) is 29.5. The molecule has 0 bridgehead atoms. The van der Waals surface area contributed by atoms with Gasteiger partial charge >= 0.3 is 10.2 Å². The van der Waals surface area contributed by atoms with Gasteiger partial charge in [-0.3, -0.25) is 14.8 Å². The number of fused-ring (bicyclic) bond motifs is 1. The lowest BCUT2D eigenvalue weighted by Gasteiger charge is -2.13. The zero-order valence-electron chi connectivity index (χ0n) is 20.1. The van der Waals surface area contributed by atoms with E-state index in [1.54, 1.807) is 0 Å². The van der Waals surface area contributed by atoms with Crippen LogP contribution in [-0.2, 0) is 30.1 Å². The van der Waals surface area contributed by atoms with Gasteiger partial charge < -0.3 is 5.11 Å². The lowest BCUT2D eigenvalue weighted by atomic mass is 10.1. The summed E-state index contributed by atoms with van der Waals surface area (Å²) in [6, 6.07) is 13.2. The maximum atomic E-state index is 13.4. The predicted octanol–water partition coefficient (Wildman–Crippen LogP) is 4.73. The van der Waals surface area contributed by atoms with Gasteiger partial charge in [0, 0.05) is 29.2 Å². The number of aromatic hydroxyl groups is 1. The van der Waals surface area contributed by atoms with Gasteiger partial charge in [0.1, 0.15) is 16.3 Å². The van der Waals surface area contributed by atoms with E-state index in [2.05, 4.69) is 15.0 Å². The van der Waals surface area contributed by atoms with Crippen LogP contribution in [-0.4, -0.2) is 41.5 Å². The average molecular weight is 609 g/mol. The topological polar surface area (TPSA) is 203 Å². The highest BCUT2D eigenvalue weighted by molar-refractivity contribution is 7.93. The maximum absolute atomic E-state index is 13.4. The molecule has 0 fully saturated rings. The number of phenols is 1. The zero-order chi connectivity index (χ0) is 29.5. The van der Waals surface area contributed by atoms with E-state index in [1.807, 2.05) is 0 Å². The van der Waals surface area contributed by atoms with Crippen molar-refractivity contribution < 1.29 is 39.2 Å². The molecule has 0 atom stereocenters. The quantitative estimate of drug-likeness (QED) is 0.123. The minimum absolute atomic E-state index is 0.0203. The van der Waals surface area contributed by atoms with Crippen molar-refractivity contribution in [2.75, 3.05) is 11.0 Å². The van der Waals surface area contributed by atoms with Crippen molar-refractivity contribution in [2.24, 2.45) is 10.2 Å². The molecule has 0 radical (unpaired) electrons. The average Bonchev–Trinajstić information content (AvgIpc) is 2.87. The van der Waals surface area contributed by atoms with Gasteiger partial charge in [-0.25, -0.2) is 16.8 Å². The van der Waals surface area contributed by atoms with Crippen LogP contribution in [0.1, 0.15) is 0 Å². The second kappa shape index (κ2) is 10.2. The summed E-state index contributed by atoms with van der Waals surface area (Å²) >= 11 is 0. The number of rotatable bonds is 8. The van der Waals surface area contributed by atoms with Crippen molar-refractivity contribution in [1.82, 2.24) is 0 Å². The van der Waals surface area contributed by atoms with Gasteiger partial charge in [0.2, 0.25) is 0 Å². The number of non-ortho nitro benzene ring substituents is 1. The first-order valence-corrected chi connectivity index (χ1v) is 15.6. The lowest BCUT2D eigenvalue weighted by molar-refractivity contribution is -0.385. The van der Waals surface area contributed by atoms with Crippen molar-refractivity contribution in [3.63, 3.8) is 0 Å². The van der Waals surface area contributed by atoms with Crippen LogP contribution in [0.25, 0.3) is 10.8 Å². The van der Waals surface area contributed by atoms with Crippen LogP contribution < -0.4 is 4.72 Å². The maximum Gasteiger partial charge on any atom is 0.332 e. The number of anilines is 1. The summed E-state index contributed by atoms with van der Waals surface area (Å²) in [6.07, 6.45) is 0.830. The molecule has 0 aromatic heterocycles. The van der Waals surface area contributed by atoms with E-state index in [1.165, 1.54) is 30.3 Å². The van der Waals surface area contributed by atoms with Crippen LogP contribution in [0.2, 0.25) is 0 Å². The molecule has 208 valence electrons. The smallest absolute Gasteiger partial charge is 0.332 e. The van der Waals surface area contributed by atoms with Crippen LogP contribution in [0, 0.1) is 10.1 Å². The first-order valence-electron chi connectivity index (χ1n) is 10.8. The standard InChI is InChI=1S/C23H17FN4O9S3/c1-38(32,33)22-12-14(28(30)31)8-9-18(22)25-26-19-10-11-21(29)17-6-3-7-20(23(17)19)27-40(36,37)16-5-2-4-15(13-16)39(24,34)35/h2-13,27,29H,1H3/b26-25+. The molecule has 0 saturated carbocycles. The van der Waals surface area contributed by atoms with Crippen LogP contribution in [0.3, 0.4) is 0 Å². The molecule has 0 amide bonds. The van der Waals surface area contributed by atoms with Crippen LogP contribution in [0.5, 0.6) is 5.75 Å². The molecule has 4 aromatic rings. The third kappa shape index (κ3) is 5.90. The highest BCUT2D eigenvalue weighted by Crippen LogP contribution is 2.40. The van der Waals surface area contributed by atoms with Crippen LogP contribution >= 0.6 is 0 Å². The molecule has 0 aliphatic rings. The Morgan fingerprint density at radius 1 is 0.850 bits per heavy atom. The van der Waals surface area contributed by atoms with Gasteiger partial charge in [-0.05, 0) is 42.5 Å². The second-order valence-corrected chi connectivity index (χ2v) is 13.2. The minimum atomic E-state index is -5.19. The van der Waals surface area contributed by atoms with Crippen molar-refractivity contribution in [1.29, 1.82) is 0 Å². The van der Waals surface area contributed by atoms with Gasteiger partial charge in [-0.15, -0.1) is 14.1 Å². The molecule has 0 aliphatic carbocycles. The SMILES string of the molecule is CS(=O)(=O)c1cc([N+](=O)[O-])ccc1/N=N/c1ccc(O)c2cccc(NS(=O)(=O)c3cccc(S(=O)(=O)F)c3)c12. The number of benzene rings is 4. The molecule has 2 N–H and O–H groups in total. The fourth-order valence-corrected chi connectivity index (χ4v) is 6.17. The van der Waals surface area contributed by atoms with Crippen LogP contribution in [0.15, 0.2) is 97.7 Å². The minimum Gasteiger partial charge on any atom is -0.507 e. The van der Waals surface area contributed by atoms with Crippen molar-refractivity contribution in [2.45, 2.75) is 14.7 Å². The van der Waals surface area contributed by atoms with Crippen LogP contribution in [0.4, 0.5) is 26.6 Å². The molecule has 13 nitrogen and oxygen atoms in total. The van der Waals surface area contributed by atoms with E-state index in [0.717, 1.165) is 42.7 Å². The molecular formula is C23H17FN4O9S3. The summed E-state index contributed by atoms with van der Waals surface area (Å²) in [7, 11) is -13.7. The number of nitrogens with zero attached hydrogens (tertiary/aromatic N) is 3. The molecule has 0 saturated heterocycles. The summed E-state index contributed by atoms with van der Waals surface area (Å²) in [5.41, 5.74) is -0.903. The van der Waals surface area contributed by atoms with Gasteiger partial charge in [0.05, 0.1) is 26.1 Å². The highest BCUT2D eigenvalue weighted by atomic mass is 32.3. The number of nitro benzene ring substituents is 1. The van der Waals surface area contributed by atoms with E-state index in [9.17, 15) is 44.4 Å². The largest absolute Gasteiger partial charge is 0.507 e. The van der Waals surface area contributed by atoms with E-state index in [-0.39, 0.29) is 33.6 Å². The Bertz CT molecular complexity index is 2050. The Balaban J connectivity index is 1.85. The lowest BCUT2D eigenvalue weighted by Crippen LogP contribution is -2.13. The first-order chi connectivity index (χ1) is 18.6. The number of sulfonamides is 1. The van der Waals surface area contributed by atoms with E-state index in [0.29, 0.717) is 6.07 Å². The van der Waals surface area contributed by atoms with Crippen molar-refractivity contribution in [3.05, 3.63) is 82.9 Å². The number of nitrogens with one attached hydrogen (secondary N) is 1. The number of nitro groups is 1. The molecule has 0 aliphatic heterocycles. The monoisotopic (exact) mass is 608 g/mol. The Hall–Kier alpha value is -4.48. The normalized spacial score (nSPS) is 12.6. The van der Waals surface area contributed by atoms with E-state index in [4.69, 9.17) is 0 Å². The number of hydrogen-bond donors (Lipinski definition) is 2. The van der Waals surface area contributed by atoms with E-state index >= 15 is 0 Å². The Morgan fingerprint density at radius 3 is 2.12 bits per heavy atom. The first kappa shape index (κ1) is 28.5. The summed E-state index contributed by atoms with van der Waals surface area (Å²) in [4.78, 5) is 8.40. The van der Waals surface area contributed by atoms with Crippen molar-refractivity contribution >= 4 is 63.6 Å². The van der Waals surface area contributed by atoms with Gasteiger partial charge in [0.25, 0.3) is 15.7 Å². The number of azo groups is 1. The fourth-order valence-electron chi connectivity index (χ4n) is 3.64. The molecule has 4 aromatic carbocycles. The summed E-state index contributed by atoms with van der Waals surface area (Å²) in [6.45, 7) is 0. The fraction of sp³-hybridized carbons (Fsp3) is 0.0435. The molecule has 0 heterocycles. The summed E-state index contributed by atoms with van der Waals surface area (Å²) in [5.74, 6) is -0.271. The molecular weight excluding hydrogens is 591 g/mol. The Kier molecular flexibility index (Phi) is 7.31.